The number of hydrogen-bond acceptors (Lipinski definition) is 4. The van der Waals surface area contributed by atoms with Gasteiger partial charge in [-0.2, -0.15) is 0 Å². The number of hydrogen-bond donors (Lipinski definition) is 3. The molecule has 3 N–H and O–H groups in total. The van der Waals surface area contributed by atoms with Crippen LogP contribution in [0.2, 0.25) is 0 Å². The highest BCUT2D eigenvalue weighted by Gasteiger charge is 2.16. The van der Waals surface area contributed by atoms with Crippen molar-refractivity contribution < 1.29 is 14.6 Å². The van der Waals surface area contributed by atoms with Gasteiger partial charge in [0.2, 0.25) is 0 Å². The molecular formula is C18H22N2O3. The number of aromatic hydroxyl groups is 1. The Bertz CT molecular complexity index is 661. The molecule has 0 atom stereocenters. The molecule has 0 fully saturated rings. The van der Waals surface area contributed by atoms with Gasteiger partial charge in [0, 0.05) is 23.5 Å². The maximum Gasteiger partial charge on any atom is 0.412 e. The fraction of sp³-hybridized carbons (Fsp3) is 0.278. The van der Waals surface area contributed by atoms with E-state index in [9.17, 15) is 9.90 Å². The van der Waals surface area contributed by atoms with Crippen LogP contribution in [0, 0.1) is 0 Å². The lowest BCUT2D eigenvalue weighted by atomic mass is 10.2. The number of phenols is 1. The van der Waals surface area contributed by atoms with Crippen molar-refractivity contribution in [1.29, 1.82) is 0 Å². The van der Waals surface area contributed by atoms with Crippen molar-refractivity contribution in [1.82, 2.24) is 0 Å². The molecule has 2 aromatic rings. The highest BCUT2D eigenvalue weighted by Crippen LogP contribution is 2.19. The summed E-state index contributed by atoms with van der Waals surface area (Å²) in [4.78, 5) is 11.7. The number of amides is 1. The van der Waals surface area contributed by atoms with E-state index in [0.29, 0.717) is 12.2 Å². The molecule has 0 radical (unpaired) electrons. The molecular weight excluding hydrogens is 292 g/mol. The highest BCUT2D eigenvalue weighted by molar-refractivity contribution is 5.85. The topological polar surface area (TPSA) is 70.6 Å². The minimum absolute atomic E-state index is 0.267. The van der Waals surface area contributed by atoms with Crippen molar-refractivity contribution in [3.63, 3.8) is 0 Å². The van der Waals surface area contributed by atoms with E-state index in [4.69, 9.17) is 4.74 Å². The van der Waals surface area contributed by atoms with Crippen molar-refractivity contribution >= 4 is 17.5 Å². The van der Waals surface area contributed by atoms with Crippen molar-refractivity contribution in [2.45, 2.75) is 32.9 Å². The van der Waals surface area contributed by atoms with Crippen LogP contribution in [0.4, 0.5) is 16.2 Å². The first-order chi connectivity index (χ1) is 10.8. The SMILES string of the molecule is CC(C)(C)OC(=O)Nc1ccc(NCc2ccccc2O)cc1. The second kappa shape index (κ2) is 7.05. The van der Waals surface area contributed by atoms with Gasteiger partial charge < -0.3 is 15.2 Å². The Balaban J connectivity index is 1.90. The van der Waals surface area contributed by atoms with E-state index in [1.54, 1.807) is 24.3 Å². The summed E-state index contributed by atoms with van der Waals surface area (Å²) in [6, 6.07) is 14.5. The van der Waals surface area contributed by atoms with Crippen molar-refractivity contribution in [3.8, 4) is 5.75 Å². The number of phenolic OH excluding ortho intramolecular Hbond substituents is 1. The van der Waals surface area contributed by atoms with Gasteiger partial charge in [-0.25, -0.2) is 4.79 Å². The largest absolute Gasteiger partial charge is 0.508 e. The Hall–Kier alpha value is -2.69. The Morgan fingerprint density at radius 1 is 1.04 bits per heavy atom. The van der Waals surface area contributed by atoms with Gasteiger partial charge in [-0.1, -0.05) is 18.2 Å². The first-order valence-corrected chi connectivity index (χ1v) is 7.44. The second-order valence-corrected chi connectivity index (χ2v) is 6.19. The van der Waals surface area contributed by atoms with Gasteiger partial charge in [-0.05, 0) is 51.1 Å². The lowest BCUT2D eigenvalue weighted by Gasteiger charge is -2.19. The molecule has 5 nitrogen and oxygen atoms in total. The van der Waals surface area contributed by atoms with Crippen LogP contribution in [0.1, 0.15) is 26.3 Å². The van der Waals surface area contributed by atoms with Crippen LogP contribution in [-0.4, -0.2) is 16.8 Å². The number of anilines is 2. The lowest BCUT2D eigenvalue weighted by molar-refractivity contribution is 0.0636. The Kier molecular flexibility index (Phi) is 5.11. The number of ether oxygens (including phenoxy) is 1. The number of benzene rings is 2. The van der Waals surface area contributed by atoms with Crippen LogP contribution in [0.5, 0.6) is 5.75 Å². The second-order valence-electron chi connectivity index (χ2n) is 6.19. The molecule has 122 valence electrons. The van der Waals surface area contributed by atoms with Crippen LogP contribution in [0.25, 0.3) is 0 Å². The number of para-hydroxylation sites is 1. The zero-order chi connectivity index (χ0) is 16.9. The lowest BCUT2D eigenvalue weighted by Crippen LogP contribution is -2.27. The standard InChI is InChI=1S/C18H22N2O3/c1-18(2,3)23-17(22)20-15-10-8-14(9-11-15)19-12-13-6-4-5-7-16(13)21/h4-11,19,21H,12H2,1-3H3,(H,20,22). The van der Waals surface area contributed by atoms with Crippen LogP contribution < -0.4 is 10.6 Å². The quantitative estimate of drug-likeness (QED) is 0.784. The van der Waals surface area contributed by atoms with Crippen LogP contribution in [0.15, 0.2) is 48.5 Å². The monoisotopic (exact) mass is 314 g/mol. The summed E-state index contributed by atoms with van der Waals surface area (Å²) >= 11 is 0. The molecule has 0 heterocycles. The van der Waals surface area contributed by atoms with E-state index < -0.39 is 11.7 Å². The zero-order valence-corrected chi connectivity index (χ0v) is 13.6. The third kappa shape index (κ3) is 5.54. The fourth-order valence-electron chi connectivity index (χ4n) is 1.95. The average molecular weight is 314 g/mol. The van der Waals surface area contributed by atoms with E-state index in [2.05, 4.69) is 10.6 Å². The normalized spacial score (nSPS) is 10.9. The molecule has 0 aliphatic heterocycles. The van der Waals surface area contributed by atoms with Crippen LogP contribution in [0.3, 0.4) is 0 Å². The van der Waals surface area contributed by atoms with Gasteiger partial charge >= 0.3 is 6.09 Å². The van der Waals surface area contributed by atoms with Crippen LogP contribution >= 0.6 is 0 Å². The van der Waals surface area contributed by atoms with Gasteiger partial charge in [-0.15, -0.1) is 0 Å². The Labute approximate surface area is 136 Å². The van der Waals surface area contributed by atoms with E-state index >= 15 is 0 Å². The molecule has 23 heavy (non-hydrogen) atoms. The molecule has 0 aliphatic carbocycles. The summed E-state index contributed by atoms with van der Waals surface area (Å²) < 4.78 is 5.20. The van der Waals surface area contributed by atoms with Gasteiger partial charge in [0.15, 0.2) is 0 Å². The van der Waals surface area contributed by atoms with Gasteiger partial charge in [-0.3, -0.25) is 5.32 Å². The molecule has 2 rings (SSSR count). The average Bonchev–Trinajstić information content (AvgIpc) is 2.46. The molecule has 0 saturated carbocycles. The van der Waals surface area contributed by atoms with Crippen LogP contribution in [-0.2, 0) is 11.3 Å². The minimum Gasteiger partial charge on any atom is -0.508 e. The number of carbonyl (C=O) groups excluding carboxylic acids is 1. The van der Waals surface area contributed by atoms with Crippen molar-refractivity contribution in [2.75, 3.05) is 10.6 Å². The molecule has 0 aromatic heterocycles. The van der Waals surface area contributed by atoms with E-state index in [1.807, 2.05) is 45.0 Å². The highest BCUT2D eigenvalue weighted by atomic mass is 16.6. The maximum atomic E-state index is 11.7. The summed E-state index contributed by atoms with van der Waals surface area (Å²) in [6.07, 6.45) is -0.479. The van der Waals surface area contributed by atoms with Gasteiger partial charge in [0.05, 0.1) is 0 Å². The smallest absolute Gasteiger partial charge is 0.412 e. The summed E-state index contributed by atoms with van der Waals surface area (Å²) in [6.45, 7) is 5.97. The zero-order valence-electron chi connectivity index (χ0n) is 13.6. The maximum absolute atomic E-state index is 11.7. The predicted octanol–water partition coefficient (Wildman–Crippen LogP) is 4.35. The fourth-order valence-corrected chi connectivity index (χ4v) is 1.95. The molecule has 1 amide bonds. The van der Waals surface area contributed by atoms with Gasteiger partial charge in [0.25, 0.3) is 0 Å². The van der Waals surface area contributed by atoms with E-state index in [0.717, 1.165) is 11.3 Å². The number of rotatable bonds is 4. The summed E-state index contributed by atoms with van der Waals surface area (Å²) in [5.41, 5.74) is 1.85. The van der Waals surface area contributed by atoms with Crippen molar-refractivity contribution in [3.05, 3.63) is 54.1 Å². The molecule has 0 unspecified atom stereocenters. The molecule has 2 aromatic carbocycles. The number of carbonyl (C=O) groups is 1. The van der Waals surface area contributed by atoms with Crippen molar-refractivity contribution in [2.24, 2.45) is 0 Å². The molecule has 0 aliphatic rings. The summed E-state index contributed by atoms with van der Waals surface area (Å²) in [5.74, 6) is 0.267. The first-order valence-electron chi connectivity index (χ1n) is 7.44. The first kappa shape index (κ1) is 16.7. The number of nitrogens with one attached hydrogen (secondary N) is 2. The molecule has 0 bridgehead atoms. The minimum atomic E-state index is -0.525. The van der Waals surface area contributed by atoms with E-state index in [-0.39, 0.29) is 5.75 Å². The third-order valence-electron chi connectivity index (χ3n) is 3.00. The summed E-state index contributed by atoms with van der Waals surface area (Å²) in [5, 5.41) is 15.6. The predicted molar refractivity (Wildman–Crippen MR) is 91.7 cm³/mol. The van der Waals surface area contributed by atoms with Gasteiger partial charge in [0.1, 0.15) is 11.4 Å². The van der Waals surface area contributed by atoms with E-state index in [1.165, 1.54) is 0 Å². The molecule has 0 saturated heterocycles. The Morgan fingerprint density at radius 2 is 1.65 bits per heavy atom. The summed E-state index contributed by atoms with van der Waals surface area (Å²) in [7, 11) is 0. The molecule has 5 heteroatoms. The third-order valence-corrected chi connectivity index (χ3v) is 3.00. The molecule has 0 spiro atoms. The Morgan fingerprint density at radius 3 is 2.26 bits per heavy atom.